The summed E-state index contributed by atoms with van der Waals surface area (Å²) in [5.74, 6) is 0.666. The highest BCUT2D eigenvalue weighted by molar-refractivity contribution is 5.76. The summed E-state index contributed by atoms with van der Waals surface area (Å²) in [6, 6.07) is 8.02. The van der Waals surface area contributed by atoms with Crippen LogP contribution in [0.4, 0.5) is 13.2 Å². The maximum Gasteiger partial charge on any atom is 0.490 e. The molecule has 1 N–H and O–H groups in total. The van der Waals surface area contributed by atoms with Gasteiger partial charge < -0.3 is 19.3 Å². The lowest BCUT2D eigenvalue weighted by molar-refractivity contribution is -0.192. The zero-order chi connectivity index (χ0) is 26.7. The topological polar surface area (TPSA) is 101 Å². The number of carbonyl (C=O) groups is 2. The molecular weight excluding hydrogens is 479 g/mol. The van der Waals surface area contributed by atoms with Crippen LogP contribution in [-0.4, -0.2) is 81.5 Å². The van der Waals surface area contributed by atoms with Crippen LogP contribution in [0.2, 0.25) is 0 Å². The number of likely N-dealkylation sites (N-methyl/N-ethyl adjacent to an activating group) is 1. The Balaban J connectivity index is 0.000000454. The van der Waals surface area contributed by atoms with Crippen molar-refractivity contribution in [2.24, 2.45) is 5.92 Å². The van der Waals surface area contributed by atoms with Gasteiger partial charge in [-0.15, -0.1) is 10.2 Å². The number of hydrogen-bond donors (Lipinski definition) is 1. The van der Waals surface area contributed by atoms with E-state index in [0.29, 0.717) is 12.3 Å². The number of benzene rings is 1. The number of piperidine rings is 1. The van der Waals surface area contributed by atoms with Crippen molar-refractivity contribution >= 4 is 11.9 Å². The Labute approximate surface area is 207 Å². The molecule has 12 heteroatoms. The molecule has 0 radical (unpaired) electrons. The van der Waals surface area contributed by atoms with Crippen molar-refractivity contribution in [3.8, 4) is 17.1 Å². The number of rotatable bonds is 4. The molecule has 2 aliphatic rings. The summed E-state index contributed by atoms with van der Waals surface area (Å²) in [6.45, 7) is 7.53. The molecule has 0 bridgehead atoms. The van der Waals surface area contributed by atoms with Crippen LogP contribution in [-0.2, 0) is 21.7 Å². The second-order valence-electron chi connectivity index (χ2n) is 9.68. The number of carbonyl (C=O) groups excluding carboxylic acids is 1. The van der Waals surface area contributed by atoms with Gasteiger partial charge in [0.05, 0.1) is 19.2 Å². The molecule has 1 spiro atoms. The smallest absolute Gasteiger partial charge is 0.490 e. The zero-order valence-corrected chi connectivity index (χ0v) is 20.9. The number of alkyl halides is 3. The van der Waals surface area contributed by atoms with Crippen LogP contribution < -0.4 is 4.74 Å². The summed E-state index contributed by atoms with van der Waals surface area (Å²) in [6.07, 6.45) is -2.60. The van der Waals surface area contributed by atoms with Crippen LogP contribution in [0.25, 0.3) is 11.4 Å². The maximum absolute atomic E-state index is 12.6. The summed E-state index contributed by atoms with van der Waals surface area (Å²) in [5.41, 5.74) is 0.974. The van der Waals surface area contributed by atoms with E-state index in [0.717, 1.165) is 62.0 Å². The molecule has 9 nitrogen and oxygen atoms in total. The lowest BCUT2D eigenvalue weighted by Gasteiger charge is -2.48. The molecule has 36 heavy (non-hydrogen) atoms. The molecule has 3 heterocycles. The summed E-state index contributed by atoms with van der Waals surface area (Å²) < 4.78 is 39.4. The van der Waals surface area contributed by atoms with Crippen LogP contribution in [0.1, 0.15) is 38.9 Å². The van der Waals surface area contributed by atoms with Crippen molar-refractivity contribution in [3.63, 3.8) is 0 Å². The van der Waals surface area contributed by atoms with Crippen LogP contribution in [0.5, 0.6) is 5.75 Å². The quantitative estimate of drug-likeness (QED) is 0.672. The van der Waals surface area contributed by atoms with Crippen LogP contribution in [0.3, 0.4) is 0 Å². The number of methoxy groups -OCH3 is 1. The first-order valence-corrected chi connectivity index (χ1v) is 11.7. The third-order valence-electron chi connectivity index (χ3n) is 6.40. The first-order valence-electron chi connectivity index (χ1n) is 11.7. The maximum atomic E-state index is 12.6. The monoisotopic (exact) mass is 511 g/mol. The third kappa shape index (κ3) is 6.15. The van der Waals surface area contributed by atoms with E-state index in [1.807, 2.05) is 29.2 Å². The molecular formula is C24H32F3N5O4. The van der Waals surface area contributed by atoms with E-state index in [1.54, 1.807) is 7.11 Å². The van der Waals surface area contributed by atoms with Gasteiger partial charge in [0.1, 0.15) is 11.6 Å². The summed E-state index contributed by atoms with van der Waals surface area (Å²) in [7, 11) is 3.82. The number of carboxylic acid groups (broad SMARTS) is 1. The number of likely N-dealkylation sites (tertiary alicyclic amines) is 1. The number of fused-ring (bicyclic) bond motifs is 2. The van der Waals surface area contributed by atoms with Crippen LogP contribution >= 0.6 is 0 Å². The molecule has 2 aliphatic heterocycles. The largest absolute Gasteiger partial charge is 0.497 e. The van der Waals surface area contributed by atoms with E-state index in [1.165, 1.54) is 0 Å². The number of ether oxygens (including phenoxy) is 1. The number of amides is 1. The fraction of sp³-hybridized carbons (Fsp3) is 0.583. The van der Waals surface area contributed by atoms with Gasteiger partial charge in [0.25, 0.3) is 0 Å². The van der Waals surface area contributed by atoms with Crippen LogP contribution in [0.15, 0.2) is 24.3 Å². The minimum atomic E-state index is -5.08. The van der Waals surface area contributed by atoms with E-state index in [2.05, 4.69) is 40.6 Å². The molecule has 4 rings (SSSR count). The fourth-order valence-electron chi connectivity index (χ4n) is 4.75. The highest BCUT2D eigenvalue weighted by Crippen LogP contribution is 2.39. The summed E-state index contributed by atoms with van der Waals surface area (Å²) in [4.78, 5) is 25.8. The van der Waals surface area contributed by atoms with Crippen molar-refractivity contribution in [2.75, 3.05) is 33.8 Å². The predicted molar refractivity (Wildman–Crippen MR) is 125 cm³/mol. The number of aliphatic carboxylic acids is 1. The normalized spacial score (nSPS) is 17.4. The van der Waals surface area contributed by atoms with E-state index in [9.17, 15) is 18.0 Å². The summed E-state index contributed by atoms with van der Waals surface area (Å²) in [5, 5.41) is 16.2. The molecule has 1 aromatic carbocycles. The molecule has 0 atom stereocenters. The Morgan fingerprint density at radius 3 is 2.22 bits per heavy atom. The predicted octanol–water partition coefficient (Wildman–Crippen LogP) is 3.40. The number of nitrogens with zero attached hydrogens (tertiary/aromatic N) is 5. The SMILES string of the molecule is COc1ccc(-c2nnc3n2C2(CCN(C(=O)CC(C)C)CC2)CN(C)C3)cc1.O=C(O)C(F)(F)F. The molecule has 1 aromatic heterocycles. The van der Waals surface area contributed by atoms with Crippen LogP contribution in [0, 0.1) is 5.92 Å². The highest BCUT2D eigenvalue weighted by atomic mass is 19.4. The van der Waals surface area contributed by atoms with Gasteiger partial charge in [-0.1, -0.05) is 13.8 Å². The Morgan fingerprint density at radius 2 is 1.72 bits per heavy atom. The summed E-state index contributed by atoms with van der Waals surface area (Å²) >= 11 is 0. The Hall–Kier alpha value is -3.15. The Morgan fingerprint density at radius 1 is 1.14 bits per heavy atom. The van der Waals surface area contributed by atoms with Gasteiger partial charge in [-0.25, -0.2) is 4.79 Å². The average Bonchev–Trinajstić information content (AvgIpc) is 3.23. The van der Waals surface area contributed by atoms with Gasteiger partial charge >= 0.3 is 12.1 Å². The van der Waals surface area contributed by atoms with Gasteiger partial charge in [-0.05, 0) is 50.1 Å². The number of carboxylic acids is 1. The molecule has 1 fully saturated rings. The molecule has 2 aromatic rings. The van der Waals surface area contributed by atoms with E-state index in [-0.39, 0.29) is 11.4 Å². The van der Waals surface area contributed by atoms with E-state index < -0.39 is 12.1 Å². The third-order valence-corrected chi connectivity index (χ3v) is 6.40. The van der Waals surface area contributed by atoms with Crippen molar-refractivity contribution < 1.29 is 32.6 Å². The number of aromatic nitrogens is 3. The highest BCUT2D eigenvalue weighted by Gasteiger charge is 2.44. The van der Waals surface area contributed by atoms with Crippen molar-refractivity contribution in [1.29, 1.82) is 0 Å². The van der Waals surface area contributed by atoms with Crippen molar-refractivity contribution in [1.82, 2.24) is 24.6 Å². The van der Waals surface area contributed by atoms with Gasteiger partial charge in [-0.3, -0.25) is 9.69 Å². The molecule has 198 valence electrons. The minimum absolute atomic E-state index is 0.0737. The van der Waals surface area contributed by atoms with Crippen molar-refractivity contribution in [3.05, 3.63) is 30.1 Å². The van der Waals surface area contributed by atoms with E-state index in [4.69, 9.17) is 14.6 Å². The lowest BCUT2D eigenvalue weighted by atomic mass is 9.84. The van der Waals surface area contributed by atoms with Gasteiger partial charge in [0.2, 0.25) is 5.91 Å². The second-order valence-corrected chi connectivity index (χ2v) is 9.68. The van der Waals surface area contributed by atoms with E-state index >= 15 is 0 Å². The van der Waals surface area contributed by atoms with Gasteiger partial charge in [0.15, 0.2) is 5.82 Å². The minimum Gasteiger partial charge on any atom is -0.497 e. The first kappa shape index (κ1) is 27.4. The molecule has 1 saturated heterocycles. The standard InChI is InChI=1S/C22H31N5O2.C2HF3O2/c1-16(2)13-20(28)26-11-9-22(10-12-26)15-25(3)14-19-23-24-21(27(19)22)17-5-7-18(29-4)8-6-17;3-2(4,5)1(6)7/h5-8,16H,9-15H2,1-4H3;(H,6,7). The van der Waals surface area contributed by atoms with Gasteiger partial charge in [-0.2, -0.15) is 13.2 Å². The average molecular weight is 512 g/mol. The zero-order valence-electron chi connectivity index (χ0n) is 20.9. The van der Waals surface area contributed by atoms with Gasteiger partial charge in [0, 0.05) is 31.6 Å². The molecule has 0 unspecified atom stereocenters. The number of hydrogen-bond acceptors (Lipinski definition) is 6. The molecule has 0 saturated carbocycles. The Kier molecular flexibility index (Phi) is 8.27. The Bertz CT molecular complexity index is 1060. The number of halogens is 3. The second kappa shape index (κ2) is 10.9. The lowest BCUT2D eigenvalue weighted by Crippen LogP contribution is -2.56. The fourth-order valence-corrected chi connectivity index (χ4v) is 4.75. The molecule has 1 amide bonds. The first-order chi connectivity index (χ1) is 16.9. The van der Waals surface area contributed by atoms with Crippen molar-refractivity contribution in [2.45, 2.75) is 51.4 Å². The molecule has 0 aliphatic carbocycles.